The van der Waals surface area contributed by atoms with Crippen molar-refractivity contribution in [3.8, 4) is 0 Å². The van der Waals surface area contributed by atoms with Crippen molar-refractivity contribution < 1.29 is 9.47 Å². The van der Waals surface area contributed by atoms with E-state index in [0.29, 0.717) is 18.0 Å². The third-order valence-electron chi connectivity index (χ3n) is 2.68. The molecule has 0 radical (unpaired) electrons. The van der Waals surface area contributed by atoms with E-state index < -0.39 is 0 Å². The monoisotopic (exact) mass is 231 g/mol. The second-order valence-electron chi connectivity index (χ2n) is 4.02. The summed E-state index contributed by atoms with van der Waals surface area (Å²) in [5.41, 5.74) is 5.50. The highest BCUT2D eigenvalue weighted by molar-refractivity contribution is 7.80. The Hall–Kier alpha value is -0.190. The lowest BCUT2D eigenvalue weighted by molar-refractivity contribution is -0.0618. The van der Waals surface area contributed by atoms with Gasteiger partial charge < -0.3 is 15.2 Å². The van der Waals surface area contributed by atoms with Crippen LogP contribution in [-0.2, 0) is 9.47 Å². The van der Waals surface area contributed by atoms with Crippen molar-refractivity contribution in [2.75, 3.05) is 13.2 Å². The van der Waals surface area contributed by atoms with Gasteiger partial charge in [0.15, 0.2) is 0 Å². The Kier molecular flexibility index (Phi) is 6.13. The largest absolute Gasteiger partial charge is 0.393 e. The molecule has 0 aliphatic carbocycles. The second kappa shape index (κ2) is 7.14. The molecule has 4 heteroatoms. The van der Waals surface area contributed by atoms with Crippen LogP contribution in [0.3, 0.4) is 0 Å². The number of ether oxygens (including phenoxy) is 2. The fourth-order valence-corrected chi connectivity index (χ4v) is 1.91. The predicted molar refractivity (Wildman–Crippen MR) is 65.0 cm³/mol. The molecule has 1 aliphatic rings. The van der Waals surface area contributed by atoms with Crippen molar-refractivity contribution in [2.45, 2.75) is 51.2 Å². The van der Waals surface area contributed by atoms with Crippen LogP contribution in [0.5, 0.6) is 0 Å². The first-order valence-corrected chi connectivity index (χ1v) is 6.14. The van der Waals surface area contributed by atoms with Gasteiger partial charge in [0.2, 0.25) is 0 Å². The minimum atomic E-state index is 0.160. The molecule has 0 aromatic heterocycles. The van der Waals surface area contributed by atoms with Gasteiger partial charge in [-0.3, -0.25) is 0 Å². The molecule has 1 heterocycles. The number of nitrogens with two attached hydrogens (primary N) is 1. The minimum absolute atomic E-state index is 0.160. The van der Waals surface area contributed by atoms with Crippen LogP contribution in [0.1, 0.15) is 39.0 Å². The van der Waals surface area contributed by atoms with Gasteiger partial charge in [-0.15, -0.1) is 0 Å². The standard InChI is InChI=1S/C11H21NO2S/c1-2-9(7-11(12)15)14-8-10-5-3-4-6-13-10/h9-10H,2-8H2,1H3,(H2,12,15). The van der Waals surface area contributed by atoms with Gasteiger partial charge in [-0.25, -0.2) is 0 Å². The average Bonchev–Trinajstić information content (AvgIpc) is 2.25. The molecule has 1 saturated heterocycles. The lowest BCUT2D eigenvalue weighted by Gasteiger charge is -2.24. The number of hydrogen-bond acceptors (Lipinski definition) is 3. The Labute approximate surface area is 97.3 Å². The van der Waals surface area contributed by atoms with Gasteiger partial charge in [0.05, 0.1) is 23.8 Å². The molecule has 0 aromatic rings. The molecule has 1 aliphatic heterocycles. The summed E-state index contributed by atoms with van der Waals surface area (Å²) in [4.78, 5) is 0.534. The van der Waals surface area contributed by atoms with Crippen LogP contribution >= 0.6 is 12.2 Å². The van der Waals surface area contributed by atoms with E-state index in [2.05, 4.69) is 6.92 Å². The fraction of sp³-hybridized carbons (Fsp3) is 0.909. The summed E-state index contributed by atoms with van der Waals surface area (Å²) in [6.45, 7) is 3.64. The van der Waals surface area contributed by atoms with E-state index in [-0.39, 0.29) is 12.2 Å². The second-order valence-corrected chi connectivity index (χ2v) is 4.55. The van der Waals surface area contributed by atoms with Crippen LogP contribution in [-0.4, -0.2) is 30.4 Å². The van der Waals surface area contributed by atoms with Crippen LogP contribution in [0, 0.1) is 0 Å². The Bertz CT molecular complexity index is 193. The summed E-state index contributed by atoms with van der Waals surface area (Å²) in [6.07, 6.45) is 5.61. The summed E-state index contributed by atoms with van der Waals surface area (Å²) in [6, 6.07) is 0. The highest BCUT2D eigenvalue weighted by atomic mass is 32.1. The van der Waals surface area contributed by atoms with Crippen LogP contribution in [0.2, 0.25) is 0 Å². The molecule has 15 heavy (non-hydrogen) atoms. The summed E-state index contributed by atoms with van der Waals surface area (Å²) >= 11 is 4.88. The molecular formula is C11H21NO2S. The number of rotatable bonds is 6. The summed E-state index contributed by atoms with van der Waals surface area (Å²) in [7, 11) is 0. The van der Waals surface area contributed by atoms with E-state index in [9.17, 15) is 0 Å². The zero-order valence-electron chi connectivity index (χ0n) is 9.41. The number of hydrogen-bond donors (Lipinski definition) is 1. The van der Waals surface area contributed by atoms with Gasteiger partial charge in [0, 0.05) is 13.0 Å². The van der Waals surface area contributed by atoms with E-state index in [0.717, 1.165) is 19.4 Å². The smallest absolute Gasteiger partial charge is 0.0808 e. The Morgan fingerprint density at radius 3 is 2.93 bits per heavy atom. The summed E-state index contributed by atoms with van der Waals surface area (Å²) < 4.78 is 11.3. The SMILES string of the molecule is CCC(CC(N)=S)OCC1CCCCO1. The lowest BCUT2D eigenvalue weighted by atomic mass is 10.1. The quantitative estimate of drug-likeness (QED) is 0.710. The van der Waals surface area contributed by atoms with Gasteiger partial charge in [0.1, 0.15) is 0 Å². The van der Waals surface area contributed by atoms with Crippen molar-refractivity contribution in [1.29, 1.82) is 0 Å². The first-order valence-electron chi connectivity index (χ1n) is 5.74. The number of thiocarbonyl (C=S) groups is 1. The van der Waals surface area contributed by atoms with Crippen molar-refractivity contribution in [2.24, 2.45) is 5.73 Å². The van der Waals surface area contributed by atoms with Crippen molar-refractivity contribution in [3.63, 3.8) is 0 Å². The summed E-state index contributed by atoms with van der Waals surface area (Å²) in [5, 5.41) is 0. The Morgan fingerprint density at radius 1 is 1.60 bits per heavy atom. The van der Waals surface area contributed by atoms with Gasteiger partial charge in [-0.2, -0.15) is 0 Å². The first kappa shape index (κ1) is 12.9. The third-order valence-corrected chi connectivity index (χ3v) is 2.84. The van der Waals surface area contributed by atoms with Crippen LogP contribution in [0.25, 0.3) is 0 Å². The maximum atomic E-state index is 5.75. The van der Waals surface area contributed by atoms with E-state index in [4.69, 9.17) is 27.4 Å². The van der Waals surface area contributed by atoms with E-state index in [1.807, 2.05) is 0 Å². The lowest BCUT2D eigenvalue weighted by Crippen LogP contribution is -2.29. The molecular weight excluding hydrogens is 210 g/mol. The Morgan fingerprint density at radius 2 is 2.40 bits per heavy atom. The first-order chi connectivity index (χ1) is 7.22. The zero-order chi connectivity index (χ0) is 11.1. The van der Waals surface area contributed by atoms with Crippen molar-refractivity contribution in [3.05, 3.63) is 0 Å². The topological polar surface area (TPSA) is 44.5 Å². The molecule has 2 unspecified atom stereocenters. The van der Waals surface area contributed by atoms with Gasteiger partial charge in [-0.1, -0.05) is 19.1 Å². The average molecular weight is 231 g/mol. The molecule has 2 N–H and O–H groups in total. The van der Waals surface area contributed by atoms with E-state index in [1.165, 1.54) is 12.8 Å². The molecule has 0 aromatic carbocycles. The molecule has 3 nitrogen and oxygen atoms in total. The highest BCUT2D eigenvalue weighted by Gasteiger charge is 2.16. The maximum absolute atomic E-state index is 5.75. The third kappa shape index (κ3) is 5.44. The van der Waals surface area contributed by atoms with Gasteiger partial charge >= 0.3 is 0 Å². The predicted octanol–water partition coefficient (Wildman–Crippen LogP) is 2.03. The van der Waals surface area contributed by atoms with Crippen LogP contribution in [0.15, 0.2) is 0 Å². The van der Waals surface area contributed by atoms with Gasteiger partial charge in [-0.05, 0) is 25.7 Å². The van der Waals surface area contributed by atoms with Crippen LogP contribution < -0.4 is 5.73 Å². The Balaban J connectivity index is 2.17. The molecule has 2 atom stereocenters. The fourth-order valence-electron chi connectivity index (χ4n) is 1.73. The zero-order valence-corrected chi connectivity index (χ0v) is 10.2. The minimum Gasteiger partial charge on any atom is -0.393 e. The molecule has 1 fully saturated rings. The molecule has 0 amide bonds. The molecule has 88 valence electrons. The van der Waals surface area contributed by atoms with E-state index in [1.54, 1.807) is 0 Å². The van der Waals surface area contributed by atoms with E-state index >= 15 is 0 Å². The highest BCUT2D eigenvalue weighted by Crippen LogP contribution is 2.14. The molecule has 0 spiro atoms. The molecule has 1 rings (SSSR count). The van der Waals surface area contributed by atoms with Gasteiger partial charge in [0.25, 0.3) is 0 Å². The normalized spacial score (nSPS) is 23.7. The maximum Gasteiger partial charge on any atom is 0.0808 e. The van der Waals surface area contributed by atoms with Crippen molar-refractivity contribution in [1.82, 2.24) is 0 Å². The van der Waals surface area contributed by atoms with Crippen LogP contribution in [0.4, 0.5) is 0 Å². The molecule has 0 saturated carbocycles. The molecule has 0 bridgehead atoms. The summed E-state index contributed by atoms with van der Waals surface area (Å²) in [5.74, 6) is 0. The van der Waals surface area contributed by atoms with Crippen molar-refractivity contribution >= 4 is 17.2 Å².